The van der Waals surface area contributed by atoms with E-state index in [1.807, 2.05) is 0 Å². The molecule has 4 nitrogen and oxygen atoms in total. The van der Waals surface area contributed by atoms with Gasteiger partial charge in [0.15, 0.2) is 10.9 Å². The zero-order valence-electron chi connectivity index (χ0n) is 9.26. The Morgan fingerprint density at radius 2 is 2.24 bits per heavy atom. The molecule has 0 spiro atoms. The summed E-state index contributed by atoms with van der Waals surface area (Å²) in [6.07, 6.45) is 2.95. The molecule has 1 aromatic rings. The van der Waals surface area contributed by atoms with Crippen LogP contribution in [0.15, 0.2) is 5.38 Å². The van der Waals surface area contributed by atoms with E-state index in [-0.39, 0.29) is 11.7 Å². The number of Topliss-reactive ketones (excluding diaryl/α,β-unsaturated/α-hetero) is 1. The Hall–Kier alpha value is -0.650. The first-order valence-corrected chi connectivity index (χ1v) is 7.13. The molecule has 6 heteroatoms. The topological polar surface area (TPSA) is 42.4 Å². The van der Waals surface area contributed by atoms with Crippen LogP contribution in [-0.2, 0) is 4.74 Å². The maximum Gasteiger partial charge on any atom is 0.196 e. The molecular weight excluding hydrogens is 260 g/mol. The van der Waals surface area contributed by atoms with Gasteiger partial charge in [0.25, 0.3) is 0 Å². The normalized spacial score (nSPS) is 27.5. The van der Waals surface area contributed by atoms with E-state index in [2.05, 4.69) is 9.88 Å². The minimum atomic E-state index is -0.106. The van der Waals surface area contributed by atoms with Crippen molar-refractivity contribution in [2.24, 2.45) is 0 Å². The Labute approximate surface area is 109 Å². The summed E-state index contributed by atoms with van der Waals surface area (Å²) in [5.41, 5.74) is 0.485. The van der Waals surface area contributed by atoms with Gasteiger partial charge in [-0.15, -0.1) is 22.9 Å². The van der Waals surface area contributed by atoms with Crippen LogP contribution in [0.1, 0.15) is 23.3 Å². The summed E-state index contributed by atoms with van der Waals surface area (Å²) in [6, 6.07) is 0. The van der Waals surface area contributed by atoms with Crippen LogP contribution in [0.3, 0.4) is 0 Å². The Morgan fingerprint density at radius 3 is 2.88 bits per heavy atom. The number of aromatic nitrogens is 1. The number of nitrogens with zero attached hydrogens (tertiary/aromatic N) is 2. The van der Waals surface area contributed by atoms with Crippen LogP contribution in [0.25, 0.3) is 0 Å². The number of ether oxygens (including phenoxy) is 1. The molecule has 0 amide bonds. The lowest BCUT2D eigenvalue weighted by atomic mass is 10.2. The number of halogens is 1. The molecule has 1 aromatic heterocycles. The third-order valence-electron chi connectivity index (χ3n) is 3.21. The van der Waals surface area contributed by atoms with E-state index in [1.165, 1.54) is 11.3 Å². The second-order valence-electron chi connectivity index (χ2n) is 4.43. The second kappa shape index (κ2) is 4.55. The first-order valence-electron chi connectivity index (χ1n) is 5.71. The molecule has 2 saturated heterocycles. The van der Waals surface area contributed by atoms with E-state index in [9.17, 15) is 4.79 Å². The molecule has 2 unspecified atom stereocenters. The molecule has 2 bridgehead atoms. The van der Waals surface area contributed by atoms with Gasteiger partial charge in [-0.2, -0.15) is 0 Å². The fourth-order valence-corrected chi connectivity index (χ4v) is 3.36. The minimum absolute atomic E-state index is 0.00245. The molecule has 2 aliphatic heterocycles. The van der Waals surface area contributed by atoms with Crippen LogP contribution in [-0.4, -0.2) is 41.9 Å². The zero-order valence-corrected chi connectivity index (χ0v) is 10.8. The van der Waals surface area contributed by atoms with E-state index in [4.69, 9.17) is 16.3 Å². The van der Waals surface area contributed by atoms with Gasteiger partial charge in [-0.05, 0) is 12.8 Å². The number of ketones is 1. The van der Waals surface area contributed by atoms with Crippen molar-refractivity contribution in [3.8, 4) is 0 Å². The number of rotatable bonds is 3. The van der Waals surface area contributed by atoms with Gasteiger partial charge in [0.1, 0.15) is 5.69 Å². The monoisotopic (exact) mass is 272 g/mol. The summed E-state index contributed by atoms with van der Waals surface area (Å²) >= 11 is 7.03. The zero-order chi connectivity index (χ0) is 11.8. The number of carbonyl (C=O) groups is 1. The predicted molar refractivity (Wildman–Crippen MR) is 67.3 cm³/mol. The van der Waals surface area contributed by atoms with E-state index in [0.717, 1.165) is 31.1 Å². The molecular formula is C11H13ClN2O2S. The quantitative estimate of drug-likeness (QED) is 0.623. The molecule has 2 atom stereocenters. The predicted octanol–water partition coefficient (Wildman–Crippen LogP) is 1.93. The van der Waals surface area contributed by atoms with Crippen LogP contribution >= 0.6 is 22.9 Å². The molecule has 2 aliphatic rings. The van der Waals surface area contributed by atoms with E-state index >= 15 is 0 Å². The number of hydrogen-bond donors (Lipinski definition) is 0. The highest BCUT2D eigenvalue weighted by molar-refractivity contribution is 7.14. The number of alkyl halides is 1. The summed E-state index contributed by atoms with van der Waals surface area (Å²) in [5, 5.41) is 2.70. The van der Waals surface area contributed by atoms with Crippen molar-refractivity contribution in [1.29, 1.82) is 0 Å². The van der Waals surface area contributed by atoms with Gasteiger partial charge in [-0.1, -0.05) is 0 Å². The lowest BCUT2D eigenvalue weighted by Gasteiger charge is -2.31. The van der Waals surface area contributed by atoms with Crippen molar-refractivity contribution < 1.29 is 9.53 Å². The highest BCUT2D eigenvalue weighted by atomic mass is 35.5. The molecule has 92 valence electrons. The SMILES string of the molecule is O=C(CCl)c1csc(N2CC3CCC(C2)O3)n1. The molecule has 3 heterocycles. The second-order valence-corrected chi connectivity index (χ2v) is 5.54. The maximum absolute atomic E-state index is 11.4. The lowest BCUT2D eigenvalue weighted by Crippen LogP contribution is -2.42. The minimum Gasteiger partial charge on any atom is -0.371 e. The summed E-state index contributed by atoms with van der Waals surface area (Å²) in [7, 11) is 0. The highest BCUT2D eigenvalue weighted by Gasteiger charge is 2.34. The molecule has 0 N–H and O–H groups in total. The molecule has 17 heavy (non-hydrogen) atoms. The van der Waals surface area contributed by atoms with Crippen molar-refractivity contribution >= 4 is 33.9 Å². The van der Waals surface area contributed by atoms with Crippen molar-refractivity contribution in [1.82, 2.24) is 4.98 Å². The van der Waals surface area contributed by atoms with Crippen molar-refractivity contribution in [2.45, 2.75) is 25.0 Å². The van der Waals surface area contributed by atoms with Crippen LogP contribution in [0.2, 0.25) is 0 Å². The van der Waals surface area contributed by atoms with Gasteiger partial charge < -0.3 is 9.64 Å². The summed E-state index contributed by atoms with van der Waals surface area (Å²) in [5.74, 6) is -0.109. The fourth-order valence-electron chi connectivity index (χ4n) is 2.38. The number of anilines is 1. The van der Waals surface area contributed by atoms with Gasteiger partial charge in [0, 0.05) is 18.5 Å². The summed E-state index contributed by atoms with van der Waals surface area (Å²) in [6.45, 7) is 1.77. The number of fused-ring (bicyclic) bond motifs is 2. The summed E-state index contributed by atoms with van der Waals surface area (Å²) in [4.78, 5) is 18.0. The van der Waals surface area contributed by atoms with Crippen LogP contribution < -0.4 is 4.90 Å². The summed E-state index contributed by atoms with van der Waals surface area (Å²) < 4.78 is 5.77. The average Bonchev–Trinajstić information content (AvgIpc) is 2.95. The van der Waals surface area contributed by atoms with E-state index in [1.54, 1.807) is 5.38 Å². The molecule has 0 saturated carbocycles. The Bertz CT molecular complexity index is 425. The Kier molecular flexibility index (Phi) is 3.06. The van der Waals surface area contributed by atoms with E-state index in [0.29, 0.717) is 17.9 Å². The molecule has 0 radical (unpaired) electrons. The van der Waals surface area contributed by atoms with Crippen molar-refractivity contribution in [3.63, 3.8) is 0 Å². The standard InChI is InChI=1S/C11H13ClN2O2S/c12-3-10(15)9-6-17-11(13-9)14-4-7-1-2-8(5-14)16-7/h6-8H,1-5H2. The lowest BCUT2D eigenvalue weighted by molar-refractivity contribution is 0.0305. The molecule has 2 fully saturated rings. The maximum atomic E-state index is 11.4. The van der Waals surface area contributed by atoms with E-state index < -0.39 is 0 Å². The van der Waals surface area contributed by atoms with Gasteiger partial charge in [0.2, 0.25) is 0 Å². The molecule has 0 aromatic carbocycles. The first-order chi connectivity index (χ1) is 8.26. The Balaban J connectivity index is 1.76. The number of hydrogen-bond acceptors (Lipinski definition) is 5. The number of thiazole rings is 1. The third-order valence-corrected chi connectivity index (χ3v) is 4.36. The Morgan fingerprint density at radius 1 is 1.53 bits per heavy atom. The van der Waals surface area contributed by atoms with Crippen LogP contribution in [0.5, 0.6) is 0 Å². The third kappa shape index (κ3) is 2.19. The molecule has 0 aliphatic carbocycles. The molecule has 3 rings (SSSR count). The average molecular weight is 273 g/mol. The van der Waals surface area contributed by atoms with Gasteiger partial charge in [-0.25, -0.2) is 4.98 Å². The van der Waals surface area contributed by atoms with Crippen LogP contribution in [0, 0.1) is 0 Å². The smallest absolute Gasteiger partial charge is 0.196 e. The van der Waals surface area contributed by atoms with Crippen molar-refractivity contribution in [3.05, 3.63) is 11.1 Å². The van der Waals surface area contributed by atoms with Gasteiger partial charge in [0.05, 0.1) is 18.1 Å². The number of morpholine rings is 1. The fraction of sp³-hybridized carbons (Fsp3) is 0.636. The van der Waals surface area contributed by atoms with Gasteiger partial charge in [-0.3, -0.25) is 4.79 Å². The van der Waals surface area contributed by atoms with Crippen molar-refractivity contribution in [2.75, 3.05) is 23.9 Å². The van der Waals surface area contributed by atoms with Crippen LogP contribution in [0.4, 0.5) is 5.13 Å². The first kappa shape index (κ1) is 11.4. The largest absolute Gasteiger partial charge is 0.371 e. The highest BCUT2D eigenvalue weighted by Crippen LogP contribution is 2.31. The number of carbonyl (C=O) groups excluding carboxylic acids is 1. The van der Waals surface area contributed by atoms with Gasteiger partial charge >= 0.3 is 0 Å².